The number of halogens is 1. The SMILES string of the molecule is COc1cccc(-c2nnc(SCC(=O)Nc3ccc(F)cc3)n2N)c1. The molecule has 0 aliphatic heterocycles. The van der Waals surface area contributed by atoms with Crippen molar-refractivity contribution in [1.29, 1.82) is 0 Å². The van der Waals surface area contributed by atoms with Crippen molar-refractivity contribution in [3.05, 3.63) is 54.3 Å². The van der Waals surface area contributed by atoms with Crippen LogP contribution in [0.2, 0.25) is 0 Å². The summed E-state index contributed by atoms with van der Waals surface area (Å²) in [5.41, 5.74) is 1.27. The summed E-state index contributed by atoms with van der Waals surface area (Å²) in [7, 11) is 1.58. The van der Waals surface area contributed by atoms with E-state index in [0.717, 1.165) is 17.3 Å². The van der Waals surface area contributed by atoms with Gasteiger partial charge >= 0.3 is 0 Å². The molecule has 3 N–H and O–H groups in total. The molecule has 0 bridgehead atoms. The lowest BCUT2D eigenvalue weighted by Gasteiger charge is -2.06. The third-order valence-corrected chi connectivity index (χ3v) is 4.40. The van der Waals surface area contributed by atoms with Crippen molar-refractivity contribution in [2.24, 2.45) is 0 Å². The number of hydrogen-bond acceptors (Lipinski definition) is 6. The summed E-state index contributed by atoms with van der Waals surface area (Å²) in [4.78, 5) is 12.0. The van der Waals surface area contributed by atoms with Gasteiger partial charge in [-0.05, 0) is 36.4 Å². The monoisotopic (exact) mass is 373 g/mol. The minimum Gasteiger partial charge on any atom is -0.497 e. The Labute approximate surface area is 153 Å². The van der Waals surface area contributed by atoms with Gasteiger partial charge in [0.1, 0.15) is 11.6 Å². The average molecular weight is 373 g/mol. The molecule has 0 radical (unpaired) electrons. The first kappa shape index (κ1) is 17.7. The number of nitrogens with zero attached hydrogens (tertiary/aromatic N) is 3. The molecule has 9 heteroatoms. The summed E-state index contributed by atoms with van der Waals surface area (Å²) in [6.45, 7) is 0. The zero-order chi connectivity index (χ0) is 18.5. The number of carbonyl (C=O) groups excluding carboxylic acids is 1. The number of amides is 1. The number of aromatic nitrogens is 3. The van der Waals surface area contributed by atoms with Crippen molar-refractivity contribution < 1.29 is 13.9 Å². The smallest absolute Gasteiger partial charge is 0.234 e. The Kier molecular flexibility index (Phi) is 5.37. The lowest BCUT2D eigenvalue weighted by Crippen LogP contribution is -2.16. The van der Waals surface area contributed by atoms with Crippen LogP contribution >= 0.6 is 11.8 Å². The molecule has 0 saturated heterocycles. The first-order valence-electron chi connectivity index (χ1n) is 7.60. The standard InChI is InChI=1S/C17H16FN5O2S/c1-25-14-4-2-3-11(9-14)16-21-22-17(23(16)19)26-10-15(24)20-13-7-5-12(18)6-8-13/h2-9H,10,19H2,1H3,(H,20,24). The summed E-state index contributed by atoms with van der Waals surface area (Å²) in [5.74, 6) is 6.65. The van der Waals surface area contributed by atoms with Crippen molar-refractivity contribution in [3.63, 3.8) is 0 Å². The molecule has 0 saturated carbocycles. The van der Waals surface area contributed by atoms with Crippen molar-refractivity contribution in [2.45, 2.75) is 5.16 Å². The number of nitrogen functional groups attached to an aromatic ring is 1. The number of ether oxygens (including phenoxy) is 1. The molecule has 7 nitrogen and oxygen atoms in total. The Bertz CT molecular complexity index is 914. The van der Waals surface area contributed by atoms with E-state index in [1.165, 1.54) is 28.9 Å². The quantitative estimate of drug-likeness (QED) is 0.509. The van der Waals surface area contributed by atoms with Gasteiger partial charge in [-0.25, -0.2) is 9.07 Å². The van der Waals surface area contributed by atoms with Gasteiger partial charge in [0.2, 0.25) is 11.1 Å². The average Bonchev–Trinajstić information content (AvgIpc) is 3.02. The highest BCUT2D eigenvalue weighted by molar-refractivity contribution is 7.99. The minimum atomic E-state index is -0.362. The Morgan fingerprint density at radius 1 is 1.27 bits per heavy atom. The molecule has 1 heterocycles. The van der Waals surface area contributed by atoms with Crippen LogP contribution in [0.3, 0.4) is 0 Å². The van der Waals surface area contributed by atoms with Gasteiger partial charge in [-0.2, -0.15) is 0 Å². The van der Waals surface area contributed by atoms with E-state index in [1.807, 2.05) is 18.2 Å². The van der Waals surface area contributed by atoms with Crippen LogP contribution in [0.25, 0.3) is 11.4 Å². The lowest BCUT2D eigenvalue weighted by atomic mass is 10.2. The van der Waals surface area contributed by atoms with Crippen LogP contribution in [0, 0.1) is 5.82 Å². The number of methoxy groups -OCH3 is 1. The topological polar surface area (TPSA) is 95.1 Å². The van der Waals surface area contributed by atoms with Crippen molar-refractivity contribution in [3.8, 4) is 17.1 Å². The Hall–Kier alpha value is -3.07. The first-order chi connectivity index (χ1) is 12.6. The van der Waals surface area contributed by atoms with Crippen LogP contribution < -0.4 is 15.9 Å². The molecule has 0 spiro atoms. The molecule has 0 fully saturated rings. The predicted octanol–water partition coefficient (Wildman–Crippen LogP) is 2.54. The highest BCUT2D eigenvalue weighted by Crippen LogP contribution is 2.24. The lowest BCUT2D eigenvalue weighted by molar-refractivity contribution is -0.113. The number of thioether (sulfide) groups is 1. The molecule has 3 aromatic rings. The summed E-state index contributed by atoms with van der Waals surface area (Å²) < 4.78 is 19.4. The van der Waals surface area contributed by atoms with Gasteiger partial charge in [-0.15, -0.1) is 10.2 Å². The van der Waals surface area contributed by atoms with Crippen LogP contribution in [-0.2, 0) is 4.79 Å². The van der Waals surface area contributed by atoms with E-state index in [2.05, 4.69) is 15.5 Å². The van der Waals surface area contributed by atoms with E-state index in [1.54, 1.807) is 13.2 Å². The highest BCUT2D eigenvalue weighted by atomic mass is 32.2. The van der Waals surface area contributed by atoms with Crippen LogP contribution in [-0.4, -0.2) is 33.6 Å². The molecule has 2 aromatic carbocycles. The van der Waals surface area contributed by atoms with E-state index in [0.29, 0.717) is 22.4 Å². The van der Waals surface area contributed by atoms with E-state index in [4.69, 9.17) is 10.6 Å². The Morgan fingerprint density at radius 2 is 2.04 bits per heavy atom. The third-order valence-electron chi connectivity index (χ3n) is 3.45. The van der Waals surface area contributed by atoms with Crippen LogP contribution in [0.5, 0.6) is 5.75 Å². The molecule has 1 amide bonds. The van der Waals surface area contributed by atoms with Gasteiger partial charge < -0.3 is 15.9 Å². The summed E-state index contributed by atoms with van der Waals surface area (Å²) in [6.07, 6.45) is 0. The fraction of sp³-hybridized carbons (Fsp3) is 0.118. The number of benzene rings is 2. The van der Waals surface area contributed by atoms with Gasteiger partial charge in [-0.1, -0.05) is 23.9 Å². The van der Waals surface area contributed by atoms with E-state index >= 15 is 0 Å². The molecule has 0 aliphatic rings. The van der Waals surface area contributed by atoms with Gasteiger partial charge in [0.15, 0.2) is 5.82 Å². The molecular weight excluding hydrogens is 357 g/mol. The Morgan fingerprint density at radius 3 is 2.77 bits per heavy atom. The second kappa shape index (κ2) is 7.87. The third kappa shape index (κ3) is 4.12. The predicted molar refractivity (Wildman–Crippen MR) is 97.9 cm³/mol. The maximum absolute atomic E-state index is 12.9. The molecule has 3 rings (SSSR count). The van der Waals surface area contributed by atoms with Crippen molar-refractivity contribution in [1.82, 2.24) is 14.9 Å². The van der Waals surface area contributed by atoms with Gasteiger partial charge in [0.05, 0.1) is 12.9 Å². The second-order valence-corrected chi connectivity index (χ2v) is 6.19. The van der Waals surface area contributed by atoms with Crippen LogP contribution in [0.1, 0.15) is 0 Å². The van der Waals surface area contributed by atoms with Gasteiger partial charge in [0, 0.05) is 11.3 Å². The fourth-order valence-electron chi connectivity index (χ4n) is 2.19. The zero-order valence-corrected chi connectivity index (χ0v) is 14.7. The number of anilines is 1. The molecule has 0 unspecified atom stereocenters. The Balaban J connectivity index is 1.64. The largest absolute Gasteiger partial charge is 0.497 e. The number of nitrogens with one attached hydrogen (secondary N) is 1. The molecule has 0 aliphatic carbocycles. The van der Waals surface area contributed by atoms with E-state index < -0.39 is 0 Å². The molecular formula is C17H16FN5O2S. The van der Waals surface area contributed by atoms with Gasteiger partial charge in [0.25, 0.3) is 0 Å². The van der Waals surface area contributed by atoms with E-state index in [-0.39, 0.29) is 17.5 Å². The second-order valence-electron chi connectivity index (χ2n) is 5.25. The van der Waals surface area contributed by atoms with Crippen molar-refractivity contribution in [2.75, 3.05) is 24.0 Å². The summed E-state index contributed by atoms with van der Waals surface area (Å²) in [6, 6.07) is 12.8. The van der Waals surface area contributed by atoms with Crippen LogP contribution in [0.4, 0.5) is 10.1 Å². The number of rotatable bonds is 6. The van der Waals surface area contributed by atoms with Gasteiger partial charge in [-0.3, -0.25) is 4.79 Å². The van der Waals surface area contributed by atoms with E-state index in [9.17, 15) is 9.18 Å². The minimum absolute atomic E-state index is 0.0881. The number of hydrogen-bond donors (Lipinski definition) is 2. The first-order valence-corrected chi connectivity index (χ1v) is 8.58. The maximum atomic E-state index is 12.9. The molecule has 26 heavy (non-hydrogen) atoms. The molecule has 0 atom stereocenters. The fourth-order valence-corrected chi connectivity index (χ4v) is 2.85. The molecule has 134 valence electrons. The highest BCUT2D eigenvalue weighted by Gasteiger charge is 2.14. The summed E-state index contributed by atoms with van der Waals surface area (Å²) in [5, 5.41) is 11.2. The zero-order valence-electron chi connectivity index (χ0n) is 13.8. The summed E-state index contributed by atoms with van der Waals surface area (Å²) >= 11 is 1.15. The number of nitrogens with two attached hydrogens (primary N) is 1. The normalized spacial score (nSPS) is 10.5. The van der Waals surface area contributed by atoms with Crippen LogP contribution in [0.15, 0.2) is 53.7 Å². The molecule has 1 aromatic heterocycles. The van der Waals surface area contributed by atoms with Crippen molar-refractivity contribution >= 4 is 23.4 Å². The maximum Gasteiger partial charge on any atom is 0.234 e. The number of carbonyl (C=O) groups is 1.